The molecule has 0 atom stereocenters. The highest BCUT2D eigenvalue weighted by atomic mass is 32.2. The number of piperazine rings is 1. The quantitative estimate of drug-likeness (QED) is 0.386. The van der Waals surface area contributed by atoms with Gasteiger partial charge in [0.2, 0.25) is 0 Å². The van der Waals surface area contributed by atoms with Crippen LogP contribution in [0.1, 0.15) is 46.1 Å². The molecule has 3 aliphatic heterocycles. The van der Waals surface area contributed by atoms with Crippen molar-refractivity contribution in [3.05, 3.63) is 82.9 Å². The molecule has 0 spiro atoms. The van der Waals surface area contributed by atoms with Gasteiger partial charge in [-0.3, -0.25) is 4.79 Å². The summed E-state index contributed by atoms with van der Waals surface area (Å²) in [5, 5.41) is 3.06. The second-order valence-corrected chi connectivity index (χ2v) is 10.1. The summed E-state index contributed by atoms with van der Waals surface area (Å²) in [7, 11) is 0. The number of anilines is 1. The molecule has 1 saturated heterocycles. The van der Waals surface area contributed by atoms with Crippen LogP contribution >= 0.6 is 11.9 Å². The minimum Gasteiger partial charge on any atom is -0.369 e. The Labute approximate surface area is 208 Å². The molecule has 0 radical (unpaired) electrons. The first kappa shape index (κ1) is 24.4. The van der Waals surface area contributed by atoms with Crippen LogP contribution in [0.2, 0.25) is 0 Å². The van der Waals surface area contributed by atoms with Gasteiger partial charge in [-0.05, 0) is 56.5 Å². The van der Waals surface area contributed by atoms with Crippen LogP contribution in [0.25, 0.3) is 5.70 Å². The molecule has 0 unspecified atom stereocenters. The predicted octanol–water partition coefficient (Wildman–Crippen LogP) is 6.00. The van der Waals surface area contributed by atoms with Crippen LogP contribution in [0, 0.1) is 0 Å². The predicted molar refractivity (Wildman–Crippen MR) is 145 cm³/mol. The van der Waals surface area contributed by atoms with E-state index in [0.717, 1.165) is 67.3 Å². The van der Waals surface area contributed by atoms with Gasteiger partial charge >= 0.3 is 0 Å². The van der Waals surface area contributed by atoms with Gasteiger partial charge in [0.1, 0.15) is 0 Å². The maximum Gasteiger partial charge on any atom is 0.251 e. The first-order valence-electron chi connectivity index (χ1n) is 12.3. The molecular formula is C28H36N4OS. The molecular weight excluding hydrogens is 440 g/mol. The molecule has 3 aliphatic rings. The molecule has 1 aromatic carbocycles. The molecule has 1 aromatic rings. The van der Waals surface area contributed by atoms with E-state index in [0.29, 0.717) is 0 Å². The van der Waals surface area contributed by atoms with E-state index in [-0.39, 0.29) is 5.91 Å². The Balaban J connectivity index is 1.50. The lowest BCUT2D eigenvalue weighted by molar-refractivity contribution is -0.113. The van der Waals surface area contributed by atoms with Gasteiger partial charge in [0, 0.05) is 72.0 Å². The van der Waals surface area contributed by atoms with E-state index in [2.05, 4.69) is 69.8 Å². The van der Waals surface area contributed by atoms with Gasteiger partial charge in [0.15, 0.2) is 0 Å². The number of nitrogens with one attached hydrogen (secondary N) is 1. The number of benzene rings is 1. The smallest absolute Gasteiger partial charge is 0.251 e. The largest absolute Gasteiger partial charge is 0.369 e. The fourth-order valence-electron chi connectivity index (χ4n) is 4.66. The van der Waals surface area contributed by atoms with E-state index in [9.17, 15) is 4.79 Å². The lowest BCUT2D eigenvalue weighted by Gasteiger charge is -2.39. The summed E-state index contributed by atoms with van der Waals surface area (Å²) in [6, 6.07) is 8.16. The standard InChI is InChI=1S/C28H36N4OS/c1-5-22(6-2)28(33)29-24-10-8-9-23(19-24)26-12-11-21(4)27-20-25(13-14-32(26)27)30-15-17-31(18-16-30)34-7-3/h5,8-10,12-14,19-20H,6-7,11,15-18H2,1-4H3,(H,29,33)/b22-5+. The van der Waals surface area contributed by atoms with Crippen molar-refractivity contribution in [3.63, 3.8) is 0 Å². The number of rotatable bonds is 7. The molecule has 0 saturated carbocycles. The third kappa shape index (κ3) is 5.34. The number of carbonyl (C=O) groups excluding carboxylic acids is 1. The zero-order valence-electron chi connectivity index (χ0n) is 20.8. The van der Waals surface area contributed by atoms with Crippen LogP contribution in [-0.2, 0) is 4.79 Å². The van der Waals surface area contributed by atoms with Gasteiger partial charge < -0.3 is 15.1 Å². The van der Waals surface area contributed by atoms with Crippen molar-refractivity contribution < 1.29 is 4.79 Å². The minimum absolute atomic E-state index is 0.0286. The molecule has 5 nitrogen and oxygen atoms in total. The van der Waals surface area contributed by atoms with E-state index in [1.165, 1.54) is 17.0 Å². The number of amides is 1. The Hall–Kier alpha value is -2.70. The van der Waals surface area contributed by atoms with Crippen LogP contribution in [0.15, 0.2) is 77.3 Å². The van der Waals surface area contributed by atoms with E-state index >= 15 is 0 Å². The van der Waals surface area contributed by atoms with Crippen LogP contribution in [0.5, 0.6) is 0 Å². The maximum atomic E-state index is 12.5. The topological polar surface area (TPSA) is 38.8 Å². The molecule has 4 rings (SSSR count). The summed E-state index contributed by atoms with van der Waals surface area (Å²) in [4.78, 5) is 17.3. The highest BCUT2D eigenvalue weighted by Crippen LogP contribution is 2.37. The molecule has 1 fully saturated rings. The SMILES string of the molecule is C/C=C(\CC)C(=O)Nc1cccc(C2=CCC(C)=C3C=C(N4CCN(SCC)CC4)C=CN23)c1. The molecule has 6 heteroatoms. The number of carbonyl (C=O) groups is 1. The third-order valence-corrected chi connectivity index (χ3v) is 7.58. The van der Waals surface area contributed by atoms with E-state index in [1.807, 2.05) is 44.0 Å². The molecule has 0 aromatic heterocycles. The molecule has 0 bridgehead atoms. The van der Waals surface area contributed by atoms with Crippen LogP contribution in [0.4, 0.5) is 5.69 Å². The zero-order chi connectivity index (χ0) is 24.1. The number of allylic oxidation sites excluding steroid dienone is 5. The second kappa shape index (κ2) is 11.2. The van der Waals surface area contributed by atoms with Gasteiger partial charge in [-0.1, -0.05) is 50.1 Å². The van der Waals surface area contributed by atoms with Crippen LogP contribution in [0.3, 0.4) is 0 Å². The van der Waals surface area contributed by atoms with E-state index in [4.69, 9.17) is 0 Å². The Morgan fingerprint density at radius 3 is 2.68 bits per heavy atom. The summed E-state index contributed by atoms with van der Waals surface area (Å²) >= 11 is 1.94. The van der Waals surface area contributed by atoms with Gasteiger partial charge in [-0.15, -0.1) is 0 Å². The molecule has 0 aliphatic carbocycles. The maximum absolute atomic E-state index is 12.5. The van der Waals surface area contributed by atoms with Crippen molar-refractivity contribution in [1.29, 1.82) is 0 Å². The Morgan fingerprint density at radius 1 is 1.18 bits per heavy atom. The lowest BCUT2D eigenvalue weighted by Crippen LogP contribution is -2.43. The minimum atomic E-state index is -0.0286. The molecule has 1 amide bonds. The first-order valence-corrected chi connectivity index (χ1v) is 13.3. The fraction of sp³-hybridized carbons (Fsp3) is 0.393. The summed E-state index contributed by atoms with van der Waals surface area (Å²) in [6.45, 7) is 12.7. The van der Waals surface area contributed by atoms with Gasteiger partial charge in [-0.25, -0.2) is 4.31 Å². The summed E-state index contributed by atoms with van der Waals surface area (Å²) in [6.07, 6.45) is 12.6. The van der Waals surface area contributed by atoms with Crippen LogP contribution < -0.4 is 5.32 Å². The number of nitrogens with zero attached hydrogens (tertiary/aromatic N) is 3. The molecule has 3 heterocycles. The number of fused-ring (bicyclic) bond motifs is 1. The van der Waals surface area contributed by atoms with Crippen molar-refractivity contribution in [2.75, 3.05) is 37.2 Å². The second-order valence-electron chi connectivity index (χ2n) is 8.75. The third-order valence-electron chi connectivity index (χ3n) is 6.59. The van der Waals surface area contributed by atoms with Crippen molar-refractivity contribution in [3.8, 4) is 0 Å². The van der Waals surface area contributed by atoms with E-state index < -0.39 is 0 Å². The molecule has 34 heavy (non-hydrogen) atoms. The summed E-state index contributed by atoms with van der Waals surface area (Å²) < 4.78 is 2.48. The lowest BCUT2D eigenvalue weighted by atomic mass is 9.98. The van der Waals surface area contributed by atoms with Crippen molar-refractivity contribution >= 4 is 29.2 Å². The normalized spacial score (nSPS) is 19.1. The first-order chi connectivity index (χ1) is 16.5. The summed E-state index contributed by atoms with van der Waals surface area (Å²) in [5.74, 6) is 1.11. The summed E-state index contributed by atoms with van der Waals surface area (Å²) in [5.41, 5.74) is 7.82. The van der Waals surface area contributed by atoms with E-state index in [1.54, 1.807) is 0 Å². The Kier molecular flexibility index (Phi) is 8.01. The van der Waals surface area contributed by atoms with Crippen LogP contribution in [-0.4, -0.2) is 51.9 Å². The van der Waals surface area contributed by atoms with Crippen molar-refractivity contribution in [1.82, 2.24) is 14.1 Å². The Morgan fingerprint density at radius 2 is 1.97 bits per heavy atom. The monoisotopic (exact) mass is 476 g/mol. The number of hydrogen-bond donors (Lipinski definition) is 1. The fourth-order valence-corrected chi connectivity index (χ4v) is 5.44. The average Bonchev–Trinajstić information content (AvgIpc) is 2.86. The number of hydrogen-bond acceptors (Lipinski definition) is 5. The zero-order valence-corrected chi connectivity index (χ0v) is 21.6. The highest BCUT2D eigenvalue weighted by Gasteiger charge is 2.25. The Bertz CT molecular complexity index is 1070. The molecule has 1 N–H and O–H groups in total. The van der Waals surface area contributed by atoms with Gasteiger partial charge in [0.05, 0.1) is 0 Å². The van der Waals surface area contributed by atoms with Gasteiger partial charge in [0.25, 0.3) is 5.91 Å². The van der Waals surface area contributed by atoms with Crippen molar-refractivity contribution in [2.45, 2.75) is 40.5 Å². The van der Waals surface area contributed by atoms with Gasteiger partial charge in [-0.2, -0.15) is 0 Å². The average molecular weight is 477 g/mol. The molecule has 180 valence electrons. The highest BCUT2D eigenvalue weighted by molar-refractivity contribution is 7.96. The van der Waals surface area contributed by atoms with Crippen molar-refractivity contribution in [2.24, 2.45) is 0 Å².